The van der Waals surface area contributed by atoms with Crippen LogP contribution in [0, 0.1) is 5.92 Å². The van der Waals surface area contributed by atoms with Gasteiger partial charge in [0.2, 0.25) is 0 Å². The fourth-order valence-corrected chi connectivity index (χ4v) is 3.85. The Balaban J connectivity index is 1.41. The molecule has 30 heavy (non-hydrogen) atoms. The molecule has 2 aromatic carbocycles. The van der Waals surface area contributed by atoms with Gasteiger partial charge in [-0.15, -0.1) is 0 Å². The van der Waals surface area contributed by atoms with E-state index in [-0.39, 0.29) is 17.7 Å². The van der Waals surface area contributed by atoms with Gasteiger partial charge in [-0.1, -0.05) is 18.2 Å². The number of nitrogens with zero attached hydrogens (tertiary/aromatic N) is 1. The van der Waals surface area contributed by atoms with E-state index in [1.54, 1.807) is 24.3 Å². The summed E-state index contributed by atoms with van der Waals surface area (Å²) >= 11 is 0. The summed E-state index contributed by atoms with van der Waals surface area (Å²) in [6, 6.07) is 12.6. The molecular weight excluding hydrogens is 382 g/mol. The predicted molar refractivity (Wildman–Crippen MR) is 114 cm³/mol. The molecule has 0 saturated carbocycles. The maximum atomic E-state index is 12.6. The monoisotopic (exact) mass is 407 g/mol. The zero-order valence-electron chi connectivity index (χ0n) is 17.3. The van der Waals surface area contributed by atoms with Crippen LogP contribution < -0.4 is 10.6 Å². The Morgan fingerprint density at radius 2 is 1.80 bits per heavy atom. The lowest BCUT2D eigenvalue weighted by Crippen LogP contribution is -2.39. The molecule has 0 aromatic heterocycles. The summed E-state index contributed by atoms with van der Waals surface area (Å²) in [6.07, 6.45) is 0.240. The largest absolute Gasteiger partial charge is 0.444 e. The first kappa shape index (κ1) is 19.9. The Labute approximate surface area is 175 Å². The SMILES string of the molecule is CC(C)(C)OC(=O)Nc1ccc2c(c1)NCC(CN1C(=O)c3ccccc3C1=O)C2. The van der Waals surface area contributed by atoms with Gasteiger partial charge in [0.1, 0.15) is 5.60 Å². The molecule has 0 saturated heterocycles. The normalized spacial score (nSPS) is 17.8. The number of hydrogen-bond acceptors (Lipinski definition) is 5. The highest BCUT2D eigenvalue weighted by atomic mass is 16.6. The number of nitrogens with one attached hydrogen (secondary N) is 2. The van der Waals surface area contributed by atoms with Crippen molar-refractivity contribution in [2.24, 2.45) is 5.92 Å². The Morgan fingerprint density at radius 3 is 2.43 bits per heavy atom. The van der Waals surface area contributed by atoms with E-state index in [2.05, 4.69) is 10.6 Å². The number of fused-ring (bicyclic) bond motifs is 2. The van der Waals surface area contributed by atoms with Crippen molar-refractivity contribution in [1.29, 1.82) is 0 Å². The Kier molecular flexibility index (Phi) is 4.97. The first-order valence-electron chi connectivity index (χ1n) is 10.0. The van der Waals surface area contributed by atoms with Crippen molar-refractivity contribution in [1.82, 2.24) is 4.90 Å². The molecule has 2 aliphatic rings. The van der Waals surface area contributed by atoms with Gasteiger partial charge in [0, 0.05) is 24.5 Å². The van der Waals surface area contributed by atoms with Gasteiger partial charge >= 0.3 is 6.09 Å². The lowest BCUT2D eigenvalue weighted by atomic mass is 9.93. The molecule has 2 N–H and O–H groups in total. The topological polar surface area (TPSA) is 87.7 Å². The highest BCUT2D eigenvalue weighted by molar-refractivity contribution is 6.21. The van der Waals surface area contributed by atoms with Crippen molar-refractivity contribution < 1.29 is 19.1 Å². The second kappa shape index (κ2) is 7.48. The van der Waals surface area contributed by atoms with Crippen molar-refractivity contribution >= 4 is 29.3 Å². The van der Waals surface area contributed by atoms with Gasteiger partial charge in [-0.3, -0.25) is 19.8 Å². The third-order valence-electron chi connectivity index (χ3n) is 5.16. The van der Waals surface area contributed by atoms with Crippen LogP contribution in [0.25, 0.3) is 0 Å². The van der Waals surface area contributed by atoms with Crippen molar-refractivity contribution in [2.75, 3.05) is 23.7 Å². The number of benzene rings is 2. The van der Waals surface area contributed by atoms with Crippen LogP contribution in [0.4, 0.5) is 16.2 Å². The molecule has 2 heterocycles. The van der Waals surface area contributed by atoms with Gasteiger partial charge in [-0.25, -0.2) is 4.79 Å². The van der Waals surface area contributed by atoms with Gasteiger partial charge < -0.3 is 10.1 Å². The molecule has 0 bridgehead atoms. The molecule has 2 aliphatic heterocycles. The van der Waals surface area contributed by atoms with Crippen LogP contribution in [0.3, 0.4) is 0 Å². The summed E-state index contributed by atoms with van der Waals surface area (Å²) in [4.78, 5) is 38.5. The van der Waals surface area contributed by atoms with Crippen LogP contribution in [-0.2, 0) is 11.2 Å². The molecule has 0 aliphatic carbocycles. The summed E-state index contributed by atoms with van der Waals surface area (Å²) in [5.74, 6) is -0.332. The zero-order valence-corrected chi connectivity index (χ0v) is 17.3. The average molecular weight is 407 g/mol. The number of imide groups is 1. The summed E-state index contributed by atoms with van der Waals surface area (Å²) in [7, 11) is 0. The molecule has 1 atom stereocenters. The molecule has 4 rings (SSSR count). The van der Waals surface area contributed by atoms with Crippen molar-refractivity contribution in [3.63, 3.8) is 0 Å². The number of carbonyl (C=O) groups excluding carboxylic acids is 3. The number of anilines is 2. The lowest BCUT2D eigenvalue weighted by Gasteiger charge is -2.29. The molecule has 2 aromatic rings. The van der Waals surface area contributed by atoms with Crippen molar-refractivity contribution in [3.05, 3.63) is 59.2 Å². The third kappa shape index (κ3) is 4.01. The van der Waals surface area contributed by atoms with E-state index in [1.165, 1.54) is 4.90 Å². The van der Waals surface area contributed by atoms with Crippen molar-refractivity contribution in [3.8, 4) is 0 Å². The fourth-order valence-electron chi connectivity index (χ4n) is 3.85. The Bertz CT molecular complexity index is 990. The van der Waals surface area contributed by atoms with E-state index in [0.29, 0.717) is 29.9 Å². The average Bonchev–Trinajstić information content (AvgIpc) is 2.92. The minimum atomic E-state index is -0.562. The minimum Gasteiger partial charge on any atom is -0.444 e. The number of hydrogen-bond donors (Lipinski definition) is 2. The highest BCUT2D eigenvalue weighted by Gasteiger charge is 2.36. The maximum absolute atomic E-state index is 12.6. The molecule has 156 valence electrons. The van der Waals surface area contributed by atoms with E-state index >= 15 is 0 Å². The maximum Gasteiger partial charge on any atom is 0.412 e. The van der Waals surface area contributed by atoms with E-state index in [4.69, 9.17) is 4.74 Å². The van der Waals surface area contributed by atoms with Crippen LogP contribution in [0.1, 0.15) is 47.1 Å². The summed E-state index contributed by atoms with van der Waals surface area (Å²) in [5, 5.41) is 6.10. The van der Waals surface area contributed by atoms with Gasteiger partial charge in [0.15, 0.2) is 0 Å². The third-order valence-corrected chi connectivity index (χ3v) is 5.16. The standard InChI is InChI=1S/C23H25N3O4/c1-23(2,3)30-22(29)25-16-9-8-15-10-14(12-24-19(15)11-16)13-26-20(27)17-6-4-5-7-18(17)21(26)28/h4-9,11,14,24H,10,12-13H2,1-3H3,(H,25,29). The molecule has 1 unspecified atom stereocenters. The van der Waals surface area contributed by atoms with Crippen molar-refractivity contribution in [2.45, 2.75) is 32.8 Å². The Hall–Kier alpha value is -3.35. The summed E-state index contributed by atoms with van der Waals surface area (Å²) in [5.41, 5.74) is 3.05. The van der Waals surface area contributed by atoms with Gasteiger partial charge in [-0.2, -0.15) is 0 Å². The van der Waals surface area contributed by atoms with Crippen LogP contribution in [0.2, 0.25) is 0 Å². The van der Waals surface area contributed by atoms with Crippen LogP contribution >= 0.6 is 0 Å². The Morgan fingerprint density at radius 1 is 1.13 bits per heavy atom. The molecule has 0 spiro atoms. The van der Waals surface area contributed by atoms with E-state index in [1.807, 2.05) is 39.0 Å². The smallest absolute Gasteiger partial charge is 0.412 e. The van der Waals surface area contributed by atoms with E-state index < -0.39 is 11.7 Å². The number of rotatable bonds is 3. The molecule has 3 amide bonds. The number of amides is 3. The molecule has 0 radical (unpaired) electrons. The lowest BCUT2D eigenvalue weighted by molar-refractivity contribution is 0.0620. The van der Waals surface area contributed by atoms with E-state index in [9.17, 15) is 14.4 Å². The van der Waals surface area contributed by atoms with Crippen LogP contribution in [0.15, 0.2) is 42.5 Å². The number of carbonyl (C=O) groups is 3. The highest BCUT2D eigenvalue weighted by Crippen LogP contribution is 2.30. The quantitative estimate of drug-likeness (QED) is 0.753. The van der Waals surface area contributed by atoms with E-state index in [0.717, 1.165) is 17.7 Å². The summed E-state index contributed by atoms with van der Waals surface area (Å²) in [6.45, 7) is 6.45. The first-order valence-corrected chi connectivity index (χ1v) is 10.0. The van der Waals surface area contributed by atoms with Crippen LogP contribution in [0.5, 0.6) is 0 Å². The first-order chi connectivity index (χ1) is 14.2. The fraction of sp³-hybridized carbons (Fsp3) is 0.348. The van der Waals surface area contributed by atoms with Gasteiger partial charge in [-0.05, 0) is 62.9 Å². The molecule has 7 nitrogen and oxygen atoms in total. The molecule has 0 fully saturated rings. The molecular formula is C23H25N3O4. The second-order valence-corrected chi connectivity index (χ2v) is 8.72. The van der Waals surface area contributed by atoms with Gasteiger partial charge in [0.05, 0.1) is 11.1 Å². The predicted octanol–water partition coefficient (Wildman–Crippen LogP) is 3.91. The number of ether oxygens (including phenoxy) is 1. The van der Waals surface area contributed by atoms with Crippen LogP contribution in [-0.4, -0.2) is 41.5 Å². The molecule has 7 heteroatoms. The minimum absolute atomic E-state index is 0.115. The summed E-state index contributed by atoms with van der Waals surface area (Å²) < 4.78 is 5.28. The second-order valence-electron chi connectivity index (χ2n) is 8.72. The van der Waals surface area contributed by atoms with Gasteiger partial charge in [0.25, 0.3) is 11.8 Å². The zero-order chi connectivity index (χ0) is 21.5.